The van der Waals surface area contributed by atoms with Crippen LogP contribution < -0.4 is 21.3 Å². The number of rotatable bonds is 5. The molecule has 0 radical (unpaired) electrons. The summed E-state index contributed by atoms with van der Waals surface area (Å²) in [6.45, 7) is 2.43. The zero-order valence-corrected chi connectivity index (χ0v) is 14.6. The van der Waals surface area contributed by atoms with Gasteiger partial charge in [0.15, 0.2) is 0 Å². The predicted molar refractivity (Wildman–Crippen MR) is 101 cm³/mol. The molecular weight excluding hydrogens is 330 g/mol. The summed E-state index contributed by atoms with van der Waals surface area (Å²) in [5, 5.41) is 5.54. The van der Waals surface area contributed by atoms with Crippen molar-refractivity contribution in [2.24, 2.45) is 5.73 Å². The lowest BCUT2D eigenvalue weighted by atomic mass is 10.1. The normalized spacial score (nSPS) is 13.9. The number of nitrogens with one attached hydrogen (secondary N) is 2. The molecule has 7 nitrogen and oxygen atoms in total. The van der Waals surface area contributed by atoms with Crippen LogP contribution in [0, 0.1) is 0 Å². The van der Waals surface area contributed by atoms with E-state index in [-0.39, 0.29) is 12.6 Å². The van der Waals surface area contributed by atoms with Crippen LogP contribution in [0.4, 0.5) is 16.2 Å². The van der Waals surface area contributed by atoms with Crippen LogP contribution >= 0.6 is 0 Å². The van der Waals surface area contributed by atoms with E-state index >= 15 is 0 Å². The van der Waals surface area contributed by atoms with Crippen LogP contribution in [0.5, 0.6) is 0 Å². The average molecular weight is 353 g/mol. The number of aromatic nitrogens is 1. The van der Waals surface area contributed by atoms with Crippen molar-refractivity contribution in [2.75, 3.05) is 23.3 Å². The van der Waals surface area contributed by atoms with Crippen molar-refractivity contribution in [2.45, 2.75) is 25.8 Å². The van der Waals surface area contributed by atoms with Gasteiger partial charge in [-0.1, -0.05) is 0 Å². The van der Waals surface area contributed by atoms with E-state index in [1.807, 2.05) is 24.3 Å². The van der Waals surface area contributed by atoms with Gasteiger partial charge in [0.25, 0.3) is 0 Å². The molecule has 2 heterocycles. The first kappa shape index (κ1) is 17.7. The van der Waals surface area contributed by atoms with Crippen molar-refractivity contribution in [1.29, 1.82) is 0 Å². The Kier molecular flexibility index (Phi) is 5.68. The van der Waals surface area contributed by atoms with Gasteiger partial charge in [0.1, 0.15) is 0 Å². The molecule has 0 aliphatic carbocycles. The van der Waals surface area contributed by atoms with E-state index in [0.29, 0.717) is 11.1 Å². The molecule has 0 saturated carbocycles. The van der Waals surface area contributed by atoms with Gasteiger partial charge in [-0.3, -0.25) is 9.78 Å². The van der Waals surface area contributed by atoms with Gasteiger partial charge in [-0.25, -0.2) is 4.79 Å². The van der Waals surface area contributed by atoms with Crippen LogP contribution in [-0.2, 0) is 6.54 Å². The van der Waals surface area contributed by atoms with Crippen molar-refractivity contribution in [1.82, 2.24) is 10.3 Å². The Morgan fingerprint density at radius 2 is 1.81 bits per heavy atom. The van der Waals surface area contributed by atoms with Gasteiger partial charge >= 0.3 is 6.03 Å². The number of carbonyl (C=O) groups excluding carboxylic acids is 2. The number of anilines is 2. The number of nitrogens with two attached hydrogens (primary N) is 1. The van der Waals surface area contributed by atoms with Crippen molar-refractivity contribution in [3.63, 3.8) is 0 Å². The lowest BCUT2D eigenvalue weighted by Gasteiger charge is -2.28. The Morgan fingerprint density at radius 3 is 2.50 bits per heavy atom. The van der Waals surface area contributed by atoms with Gasteiger partial charge < -0.3 is 21.3 Å². The molecule has 3 rings (SSSR count). The molecule has 0 spiro atoms. The van der Waals surface area contributed by atoms with Crippen LogP contribution in [-0.4, -0.2) is 30.0 Å². The predicted octanol–water partition coefficient (Wildman–Crippen LogP) is 2.49. The first-order valence-corrected chi connectivity index (χ1v) is 8.75. The summed E-state index contributed by atoms with van der Waals surface area (Å²) in [4.78, 5) is 29.5. The summed E-state index contributed by atoms with van der Waals surface area (Å²) in [7, 11) is 0. The molecule has 1 aromatic carbocycles. The number of primary amides is 1. The fraction of sp³-hybridized carbons (Fsp3) is 0.316. The number of hydrogen-bond donors (Lipinski definition) is 3. The fourth-order valence-electron chi connectivity index (χ4n) is 2.98. The van der Waals surface area contributed by atoms with E-state index in [0.717, 1.165) is 18.8 Å². The number of piperidine rings is 1. The maximum absolute atomic E-state index is 12.0. The molecule has 4 N–H and O–H groups in total. The largest absolute Gasteiger partial charge is 0.372 e. The van der Waals surface area contributed by atoms with Crippen molar-refractivity contribution >= 4 is 23.3 Å². The summed E-state index contributed by atoms with van der Waals surface area (Å²) in [6.07, 6.45) is 6.74. The highest BCUT2D eigenvalue weighted by Gasteiger charge is 2.11. The quantitative estimate of drug-likeness (QED) is 0.769. The summed E-state index contributed by atoms with van der Waals surface area (Å²) in [6, 6.07) is 9.16. The van der Waals surface area contributed by atoms with Gasteiger partial charge in [-0.05, 0) is 55.2 Å². The molecule has 1 aliphatic heterocycles. The van der Waals surface area contributed by atoms with Crippen LogP contribution in [0.3, 0.4) is 0 Å². The molecule has 1 aliphatic rings. The third kappa shape index (κ3) is 4.72. The third-order valence-corrected chi connectivity index (χ3v) is 4.38. The second kappa shape index (κ2) is 8.33. The molecule has 26 heavy (non-hydrogen) atoms. The summed E-state index contributed by atoms with van der Waals surface area (Å²) >= 11 is 0. The minimum absolute atomic E-state index is 0.256. The third-order valence-electron chi connectivity index (χ3n) is 4.38. The molecule has 0 bridgehead atoms. The van der Waals surface area contributed by atoms with Gasteiger partial charge in [-0.15, -0.1) is 0 Å². The molecule has 1 saturated heterocycles. The summed E-state index contributed by atoms with van der Waals surface area (Å²) < 4.78 is 0. The zero-order chi connectivity index (χ0) is 18.4. The van der Waals surface area contributed by atoms with E-state index in [4.69, 9.17) is 5.73 Å². The minimum atomic E-state index is -0.544. The van der Waals surface area contributed by atoms with E-state index in [1.54, 1.807) is 12.3 Å². The highest BCUT2D eigenvalue weighted by molar-refractivity contribution is 5.92. The minimum Gasteiger partial charge on any atom is -0.372 e. The lowest BCUT2D eigenvalue weighted by molar-refractivity contribution is 0.1000. The van der Waals surface area contributed by atoms with Crippen molar-refractivity contribution < 1.29 is 9.59 Å². The van der Waals surface area contributed by atoms with Gasteiger partial charge in [0, 0.05) is 43.4 Å². The summed E-state index contributed by atoms with van der Waals surface area (Å²) in [5.74, 6) is -0.544. The number of pyridine rings is 1. The monoisotopic (exact) mass is 353 g/mol. The first-order valence-electron chi connectivity index (χ1n) is 8.75. The number of benzene rings is 1. The Hall–Kier alpha value is -3.09. The number of amides is 3. The molecule has 0 unspecified atom stereocenters. The molecule has 136 valence electrons. The number of urea groups is 1. The average Bonchev–Trinajstić information content (AvgIpc) is 2.68. The molecule has 1 aromatic heterocycles. The highest BCUT2D eigenvalue weighted by Crippen LogP contribution is 2.21. The molecular formula is C19H23N5O2. The Bertz CT molecular complexity index is 770. The van der Waals surface area contributed by atoms with Gasteiger partial charge in [0.05, 0.1) is 5.56 Å². The van der Waals surface area contributed by atoms with Gasteiger partial charge in [-0.2, -0.15) is 0 Å². The SMILES string of the molecule is NC(=O)c1cncc(CNC(=O)Nc2ccc(N3CCCCC3)cc2)c1. The first-order chi connectivity index (χ1) is 12.6. The smallest absolute Gasteiger partial charge is 0.319 e. The van der Waals surface area contributed by atoms with Gasteiger partial charge in [0.2, 0.25) is 5.91 Å². The number of nitrogens with zero attached hydrogens (tertiary/aromatic N) is 2. The zero-order valence-electron chi connectivity index (χ0n) is 14.6. The molecule has 7 heteroatoms. The second-order valence-electron chi connectivity index (χ2n) is 6.35. The van der Waals surface area contributed by atoms with E-state index in [2.05, 4.69) is 20.5 Å². The maximum Gasteiger partial charge on any atom is 0.319 e. The van der Waals surface area contributed by atoms with Crippen molar-refractivity contribution in [3.8, 4) is 0 Å². The second-order valence-corrected chi connectivity index (χ2v) is 6.35. The lowest BCUT2D eigenvalue weighted by Crippen LogP contribution is -2.29. The number of hydrogen-bond acceptors (Lipinski definition) is 4. The standard InChI is InChI=1S/C19H23N5O2/c20-18(25)15-10-14(11-21-13-15)12-22-19(26)23-16-4-6-17(7-5-16)24-8-2-1-3-9-24/h4-7,10-11,13H,1-3,8-9,12H2,(H2,20,25)(H2,22,23,26). The Morgan fingerprint density at radius 1 is 1.08 bits per heavy atom. The van der Waals surface area contributed by atoms with E-state index in [1.165, 1.54) is 31.1 Å². The fourth-order valence-corrected chi connectivity index (χ4v) is 2.98. The molecule has 0 atom stereocenters. The summed E-state index contributed by atoms with van der Waals surface area (Å²) in [5.41, 5.74) is 8.16. The van der Waals surface area contributed by atoms with E-state index < -0.39 is 5.91 Å². The van der Waals surface area contributed by atoms with Crippen LogP contribution in [0.15, 0.2) is 42.7 Å². The van der Waals surface area contributed by atoms with Crippen LogP contribution in [0.25, 0.3) is 0 Å². The van der Waals surface area contributed by atoms with Crippen LogP contribution in [0.2, 0.25) is 0 Å². The molecule has 3 amide bonds. The Labute approximate surface area is 152 Å². The molecule has 1 fully saturated rings. The topological polar surface area (TPSA) is 100 Å². The van der Waals surface area contributed by atoms with E-state index in [9.17, 15) is 9.59 Å². The van der Waals surface area contributed by atoms with Crippen molar-refractivity contribution in [3.05, 3.63) is 53.9 Å². The number of carbonyl (C=O) groups is 2. The Balaban J connectivity index is 1.51. The highest BCUT2D eigenvalue weighted by atomic mass is 16.2. The maximum atomic E-state index is 12.0. The molecule has 2 aromatic rings. The van der Waals surface area contributed by atoms with Crippen LogP contribution in [0.1, 0.15) is 35.2 Å².